The van der Waals surface area contributed by atoms with Crippen molar-refractivity contribution in [2.45, 2.75) is 50.2 Å². The first-order valence-electron chi connectivity index (χ1n) is 9.20. The number of hydrogen-bond donors (Lipinski definition) is 1. The number of likely N-dealkylation sites (tertiary alicyclic amines) is 1. The lowest BCUT2D eigenvalue weighted by molar-refractivity contribution is -0.177. The van der Waals surface area contributed by atoms with Crippen molar-refractivity contribution in [3.05, 3.63) is 29.6 Å². The number of methoxy groups -OCH3 is 1. The van der Waals surface area contributed by atoms with Crippen molar-refractivity contribution in [1.29, 1.82) is 0 Å². The van der Waals surface area contributed by atoms with E-state index in [0.717, 1.165) is 24.7 Å². The average molecular weight is 329 g/mol. The number of amides is 1. The highest BCUT2D eigenvalue weighted by Crippen LogP contribution is 2.52. The summed E-state index contributed by atoms with van der Waals surface area (Å²) in [6, 6.07) is 4.65. The fourth-order valence-electron chi connectivity index (χ4n) is 5.25. The Morgan fingerprint density at radius 3 is 2.46 bits per heavy atom. The lowest BCUT2D eigenvalue weighted by Crippen LogP contribution is -2.61. The van der Waals surface area contributed by atoms with Crippen molar-refractivity contribution in [3.8, 4) is 0 Å². The fourth-order valence-corrected chi connectivity index (χ4v) is 5.25. The van der Waals surface area contributed by atoms with Crippen molar-refractivity contribution >= 4 is 5.91 Å². The Balaban J connectivity index is 1.70. The van der Waals surface area contributed by atoms with Crippen LogP contribution in [0.3, 0.4) is 0 Å². The molecule has 2 heterocycles. The molecule has 1 unspecified atom stereocenters. The Morgan fingerprint density at radius 1 is 1.25 bits per heavy atom. The normalized spacial score (nSPS) is 33.9. The molecule has 4 rings (SSSR count). The van der Waals surface area contributed by atoms with Gasteiger partial charge >= 0.3 is 0 Å². The first kappa shape index (κ1) is 16.0. The lowest BCUT2D eigenvalue weighted by atomic mass is 9.62. The molecule has 2 bridgehead atoms. The second-order valence-electron chi connectivity index (χ2n) is 7.65. The SMILES string of the molecule is COC1(c2ccnc(C(N)=O)c2)[C@@H]2CCC[C@H]1CN(C1CCC1)C2. The van der Waals surface area contributed by atoms with Crippen LogP contribution in [0.5, 0.6) is 0 Å². The van der Waals surface area contributed by atoms with Gasteiger partial charge in [-0.05, 0) is 43.4 Å². The molecule has 1 aromatic heterocycles. The number of ether oxygens (including phenoxy) is 1. The molecule has 0 radical (unpaired) electrons. The number of pyridine rings is 1. The standard InChI is InChI=1S/C19H27N3O2/c1-24-19(13-8-9-21-17(10-13)18(20)23)14-4-2-5-15(19)12-22(11-14)16-6-3-7-16/h8-10,14-16H,2-7,11-12H2,1H3,(H2,20,23)/t14-,15+,19?. The molecule has 1 aliphatic heterocycles. The Labute approximate surface area is 143 Å². The fraction of sp³-hybridized carbons (Fsp3) is 0.684. The second-order valence-corrected chi connectivity index (χ2v) is 7.65. The number of carbonyl (C=O) groups excluding carboxylic acids is 1. The van der Waals surface area contributed by atoms with Crippen LogP contribution in [0.4, 0.5) is 0 Å². The van der Waals surface area contributed by atoms with Crippen LogP contribution in [0, 0.1) is 11.8 Å². The molecule has 1 aromatic rings. The maximum absolute atomic E-state index is 11.6. The average Bonchev–Trinajstić information content (AvgIpc) is 2.52. The highest BCUT2D eigenvalue weighted by atomic mass is 16.5. The van der Waals surface area contributed by atoms with E-state index in [4.69, 9.17) is 10.5 Å². The van der Waals surface area contributed by atoms with E-state index in [1.165, 1.54) is 38.5 Å². The van der Waals surface area contributed by atoms with Gasteiger partial charge in [0.25, 0.3) is 5.91 Å². The van der Waals surface area contributed by atoms with Gasteiger partial charge in [0, 0.05) is 44.3 Å². The van der Waals surface area contributed by atoms with Crippen molar-refractivity contribution in [2.75, 3.05) is 20.2 Å². The largest absolute Gasteiger partial charge is 0.373 e. The summed E-state index contributed by atoms with van der Waals surface area (Å²) in [5.41, 5.74) is 6.57. The van der Waals surface area contributed by atoms with E-state index in [9.17, 15) is 4.79 Å². The van der Waals surface area contributed by atoms with Crippen LogP contribution in [0.2, 0.25) is 0 Å². The number of primary amides is 1. The molecule has 3 fully saturated rings. The Kier molecular flexibility index (Phi) is 4.09. The Hall–Kier alpha value is -1.46. The van der Waals surface area contributed by atoms with E-state index in [1.807, 2.05) is 19.2 Å². The zero-order chi connectivity index (χ0) is 16.7. The van der Waals surface area contributed by atoms with Crippen LogP contribution in [-0.4, -0.2) is 42.0 Å². The lowest BCUT2D eigenvalue weighted by Gasteiger charge is -2.57. The maximum Gasteiger partial charge on any atom is 0.267 e. The van der Waals surface area contributed by atoms with Crippen molar-refractivity contribution < 1.29 is 9.53 Å². The predicted octanol–water partition coefficient (Wildman–Crippen LogP) is 2.31. The summed E-state index contributed by atoms with van der Waals surface area (Å²) < 4.78 is 6.24. The quantitative estimate of drug-likeness (QED) is 0.920. The Morgan fingerprint density at radius 2 is 1.92 bits per heavy atom. The van der Waals surface area contributed by atoms with E-state index in [1.54, 1.807) is 6.20 Å². The molecular weight excluding hydrogens is 302 g/mol. The monoisotopic (exact) mass is 329 g/mol. The van der Waals surface area contributed by atoms with E-state index in [2.05, 4.69) is 9.88 Å². The number of fused-ring (bicyclic) bond motifs is 2. The van der Waals surface area contributed by atoms with Gasteiger partial charge < -0.3 is 10.5 Å². The number of piperidine rings is 1. The summed E-state index contributed by atoms with van der Waals surface area (Å²) in [7, 11) is 1.83. The summed E-state index contributed by atoms with van der Waals surface area (Å²) in [4.78, 5) is 18.4. The minimum atomic E-state index is -0.472. The first-order valence-corrected chi connectivity index (χ1v) is 9.20. The molecule has 3 aliphatic rings. The summed E-state index contributed by atoms with van der Waals surface area (Å²) in [6.45, 7) is 2.20. The Bertz CT molecular complexity index is 615. The molecule has 130 valence electrons. The first-order chi connectivity index (χ1) is 11.6. The van der Waals surface area contributed by atoms with E-state index in [-0.39, 0.29) is 5.60 Å². The molecule has 2 saturated carbocycles. The highest BCUT2D eigenvalue weighted by Gasteiger charge is 2.54. The van der Waals surface area contributed by atoms with Crippen LogP contribution in [0.1, 0.15) is 54.6 Å². The molecular formula is C19H27N3O2. The third kappa shape index (κ3) is 2.37. The number of nitrogens with zero attached hydrogens (tertiary/aromatic N) is 2. The van der Waals surface area contributed by atoms with Crippen LogP contribution in [-0.2, 0) is 10.3 Å². The minimum Gasteiger partial charge on any atom is -0.373 e. The molecule has 1 saturated heterocycles. The third-order valence-corrected chi connectivity index (χ3v) is 6.62. The van der Waals surface area contributed by atoms with Gasteiger partial charge in [0.05, 0.1) is 0 Å². The highest BCUT2D eigenvalue weighted by molar-refractivity contribution is 5.90. The molecule has 5 heteroatoms. The van der Waals surface area contributed by atoms with E-state index in [0.29, 0.717) is 17.5 Å². The van der Waals surface area contributed by atoms with Crippen molar-refractivity contribution in [1.82, 2.24) is 9.88 Å². The summed E-state index contributed by atoms with van der Waals surface area (Å²) in [5, 5.41) is 0. The van der Waals surface area contributed by atoms with Crippen LogP contribution < -0.4 is 5.73 Å². The zero-order valence-electron chi connectivity index (χ0n) is 14.4. The van der Waals surface area contributed by atoms with Gasteiger partial charge in [0.1, 0.15) is 11.3 Å². The molecule has 0 aromatic carbocycles. The summed E-state index contributed by atoms with van der Waals surface area (Å²) >= 11 is 0. The number of hydrogen-bond acceptors (Lipinski definition) is 4. The minimum absolute atomic E-state index is 0.300. The number of carbonyl (C=O) groups is 1. The van der Waals surface area contributed by atoms with Gasteiger partial charge in [-0.2, -0.15) is 0 Å². The molecule has 24 heavy (non-hydrogen) atoms. The third-order valence-electron chi connectivity index (χ3n) is 6.62. The van der Waals surface area contributed by atoms with Gasteiger partial charge in [0.15, 0.2) is 0 Å². The summed E-state index contributed by atoms with van der Waals surface area (Å²) in [5.74, 6) is 0.470. The van der Waals surface area contributed by atoms with Gasteiger partial charge in [-0.1, -0.05) is 12.8 Å². The molecule has 5 nitrogen and oxygen atoms in total. The van der Waals surface area contributed by atoms with Crippen LogP contribution >= 0.6 is 0 Å². The van der Waals surface area contributed by atoms with Gasteiger partial charge in [-0.25, -0.2) is 0 Å². The van der Waals surface area contributed by atoms with Crippen LogP contribution in [0.15, 0.2) is 18.3 Å². The molecule has 0 spiro atoms. The predicted molar refractivity (Wildman–Crippen MR) is 91.5 cm³/mol. The van der Waals surface area contributed by atoms with Crippen LogP contribution in [0.25, 0.3) is 0 Å². The molecule has 3 atom stereocenters. The number of rotatable bonds is 4. The number of nitrogens with two attached hydrogens (primary N) is 1. The van der Waals surface area contributed by atoms with Gasteiger partial charge in [-0.3, -0.25) is 14.7 Å². The summed E-state index contributed by atoms with van der Waals surface area (Å²) in [6.07, 6.45) is 9.40. The van der Waals surface area contributed by atoms with Crippen molar-refractivity contribution in [3.63, 3.8) is 0 Å². The topological polar surface area (TPSA) is 68.5 Å². The van der Waals surface area contributed by atoms with E-state index < -0.39 is 5.91 Å². The van der Waals surface area contributed by atoms with E-state index >= 15 is 0 Å². The van der Waals surface area contributed by atoms with Crippen molar-refractivity contribution in [2.24, 2.45) is 17.6 Å². The molecule has 2 aliphatic carbocycles. The zero-order valence-corrected chi connectivity index (χ0v) is 14.4. The molecule has 2 N–H and O–H groups in total. The molecule has 1 amide bonds. The maximum atomic E-state index is 11.6. The smallest absolute Gasteiger partial charge is 0.267 e. The second kappa shape index (κ2) is 6.12. The van der Waals surface area contributed by atoms with Gasteiger partial charge in [0.2, 0.25) is 0 Å². The van der Waals surface area contributed by atoms with Gasteiger partial charge in [-0.15, -0.1) is 0 Å². The number of aromatic nitrogens is 1.